The molecule has 2 aromatic carbocycles. The highest BCUT2D eigenvalue weighted by Gasteiger charge is 2.38. The van der Waals surface area contributed by atoms with Gasteiger partial charge >= 0.3 is 0 Å². The van der Waals surface area contributed by atoms with Gasteiger partial charge in [0.1, 0.15) is 28.7 Å². The van der Waals surface area contributed by atoms with E-state index in [0.717, 1.165) is 0 Å². The predicted octanol–water partition coefficient (Wildman–Crippen LogP) is 2.17. The van der Waals surface area contributed by atoms with Crippen LogP contribution < -0.4 is 16.2 Å². The molecule has 0 saturated carbocycles. The minimum atomic E-state index is -4.35. The van der Waals surface area contributed by atoms with Gasteiger partial charge in [-0.2, -0.15) is 13.7 Å². The highest BCUT2D eigenvalue weighted by molar-refractivity contribution is 7.90. The maximum absolute atomic E-state index is 13.6. The van der Waals surface area contributed by atoms with Crippen LogP contribution >= 0.6 is 0 Å². The number of fused-ring (bicyclic) bond motifs is 2. The van der Waals surface area contributed by atoms with Gasteiger partial charge in [0.25, 0.3) is 10.0 Å². The molecule has 0 fully saturated rings. The van der Waals surface area contributed by atoms with Crippen molar-refractivity contribution in [1.29, 1.82) is 5.26 Å². The van der Waals surface area contributed by atoms with E-state index in [0.29, 0.717) is 9.65 Å². The van der Waals surface area contributed by atoms with E-state index in [1.807, 2.05) is 12.1 Å². The quantitative estimate of drug-likeness (QED) is 0.414. The molecule has 0 saturated heterocycles. The molecular weight excluding hydrogens is 444 g/mol. The van der Waals surface area contributed by atoms with Gasteiger partial charge in [-0.15, -0.1) is 9.19 Å². The van der Waals surface area contributed by atoms with Crippen molar-refractivity contribution in [1.82, 2.24) is 14.2 Å². The van der Waals surface area contributed by atoms with Crippen LogP contribution in [-0.2, 0) is 10.0 Å². The lowest BCUT2D eigenvalue weighted by molar-refractivity contribution is 0.377. The minimum absolute atomic E-state index is 0.0941. The van der Waals surface area contributed by atoms with Crippen LogP contribution in [0.15, 0.2) is 77.1 Å². The number of phenolic OH excluding ortho intramolecular Hbond substituents is 1. The van der Waals surface area contributed by atoms with Crippen LogP contribution in [0.1, 0.15) is 17.0 Å². The monoisotopic (exact) mass is 460 g/mol. The summed E-state index contributed by atoms with van der Waals surface area (Å²) in [5.41, 5.74) is 13.4. The van der Waals surface area contributed by atoms with Gasteiger partial charge in [0.05, 0.1) is 16.4 Å². The van der Waals surface area contributed by atoms with Gasteiger partial charge in [0.15, 0.2) is 0 Å². The summed E-state index contributed by atoms with van der Waals surface area (Å²) in [5.74, 6) is -1.44. The van der Waals surface area contributed by atoms with E-state index in [2.05, 4.69) is 10.1 Å². The zero-order valence-corrected chi connectivity index (χ0v) is 17.7. The molecule has 0 spiro atoms. The highest BCUT2D eigenvalue weighted by Crippen LogP contribution is 2.45. The average Bonchev–Trinajstić information content (AvgIpc) is 3.15. The number of rotatable bonds is 3. The molecule has 0 aliphatic carbocycles. The molecule has 5 rings (SSSR count). The zero-order valence-electron chi connectivity index (χ0n) is 16.9. The fraction of sp³-hybridized carbons (Fsp3) is 0.0455. The first-order valence-electron chi connectivity index (χ1n) is 9.67. The van der Waals surface area contributed by atoms with E-state index in [1.165, 1.54) is 24.4 Å². The van der Waals surface area contributed by atoms with Gasteiger partial charge < -0.3 is 21.3 Å². The van der Waals surface area contributed by atoms with Gasteiger partial charge in [-0.25, -0.2) is 0 Å². The molecule has 11 heteroatoms. The van der Waals surface area contributed by atoms with Gasteiger partial charge in [-0.3, -0.25) is 4.98 Å². The summed E-state index contributed by atoms with van der Waals surface area (Å²) in [7, 11) is -4.35. The lowest BCUT2D eigenvalue weighted by Crippen LogP contribution is -2.21. The van der Waals surface area contributed by atoms with E-state index in [9.17, 15) is 18.8 Å². The summed E-state index contributed by atoms with van der Waals surface area (Å²) < 4.78 is 33.4. The summed E-state index contributed by atoms with van der Waals surface area (Å²) >= 11 is 0. The number of pyridine rings is 1. The normalized spacial score (nSPS) is 15.7. The van der Waals surface area contributed by atoms with Crippen molar-refractivity contribution in [2.24, 2.45) is 5.73 Å². The Kier molecular flexibility index (Phi) is 4.47. The number of nitriles is 1. The molecule has 0 amide bonds. The molecule has 0 bridgehead atoms. The maximum atomic E-state index is 13.6. The number of allylic oxidation sites excluding steroid dienone is 1. The summed E-state index contributed by atoms with van der Waals surface area (Å²) in [6, 6.07) is 16.5. The molecule has 1 aliphatic heterocycles. The minimum Gasteiger partial charge on any atom is -0.506 e. The number of aromatic nitrogens is 3. The van der Waals surface area contributed by atoms with Crippen LogP contribution in [0.25, 0.3) is 10.9 Å². The molecule has 1 aliphatic rings. The fourth-order valence-electron chi connectivity index (χ4n) is 3.93. The standard InChI is InChI=1S/C22H16N6O4S/c23-11-14-17(12-5-2-1-3-6-12)18-20(24)28(27-22(18)32-21(14)25)33(30,31)16-9-8-15(29)19-13(16)7-4-10-26-19/h1-10,17,29H,24-25H2/t17-/m1/s1. The second-order valence-corrected chi connectivity index (χ2v) is 9.01. The van der Waals surface area contributed by atoms with Crippen LogP contribution in [0.2, 0.25) is 0 Å². The molecule has 164 valence electrons. The van der Waals surface area contributed by atoms with Crippen molar-refractivity contribution in [3.63, 3.8) is 0 Å². The summed E-state index contributed by atoms with van der Waals surface area (Å²) in [6.45, 7) is 0. The first-order chi connectivity index (χ1) is 15.8. The molecule has 0 radical (unpaired) electrons. The molecular formula is C22H16N6O4S. The Morgan fingerprint density at radius 3 is 2.58 bits per heavy atom. The summed E-state index contributed by atoms with van der Waals surface area (Å²) in [6.07, 6.45) is 1.44. The van der Waals surface area contributed by atoms with E-state index in [4.69, 9.17) is 16.2 Å². The van der Waals surface area contributed by atoms with Crippen molar-refractivity contribution in [2.45, 2.75) is 10.8 Å². The smallest absolute Gasteiger partial charge is 0.285 e. The molecule has 2 aromatic heterocycles. The molecule has 5 N–H and O–H groups in total. The van der Waals surface area contributed by atoms with Gasteiger partial charge in [0, 0.05) is 11.6 Å². The SMILES string of the molecule is N#CC1=C(N)Oc2nn(S(=O)(=O)c3ccc(O)c4ncccc34)c(N)c2[C@@H]1c1ccccc1. The van der Waals surface area contributed by atoms with Crippen molar-refractivity contribution in [3.05, 3.63) is 83.4 Å². The van der Waals surface area contributed by atoms with E-state index in [1.54, 1.807) is 30.3 Å². The Morgan fingerprint density at radius 1 is 1.09 bits per heavy atom. The number of benzene rings is 2. The molecule has 0 unspecified atom stereocenters. The Labute approximate surface area is 188 Å². The van der Waals surface area contributed by atoms with Gasteiger partial charge in [-0.1, -0.05) is 30.3 Å². The fourth-order valence-corrected chi connectivity index (χ4v) is 5.33. The Morgan fingerprint density at radius 2 is 1.85 bits per heavy atom. The number of hydrogen-bond acceptors (Lipinski definition) is 9. The number of phenols is 1. The van der Waals surface area contributed by atoms with Gasteiger partial charge in [-0.05, 0) is 29.8 Å². The van der Waals surface area contributed by atoms with Crippen LogP contribution in [0.4, 0.5) is 5.82 Å². The molecule has 3 heterocycles. The largest absolute Gasteiger partial charge is 0.506 e. The van der Waals surface area contributed by atoms with Crippen molar-refractivity contribution in [2.75, 3.05) is 5.73 Å². The third-order valence-electron chi connectivity index (χ3n) is 5.41. The number of aromatic hydroxyl groups is 1. The van der Waals surface area contributed by atoms with E-state index in [-0.39, 0.29) is 50.3 Å². The molecule has 10 nitrogen and oxygen atoms in total. The predicted molar refractivity (Wildman–Crippen MR) is 118 cm³/mol. The molecule has 1 atom stereocenters. The summed E-state index contributed by atoms with van der Waals surface area (Å²) in [5, 5.41) is 24.1. The van der Waals surface area contributed by atoms with Crippen molar-refractivity contribution >= 4 is 26.7 Å². The van der Waals surface area contributed by atoms with Crippen LogP contribution in [-0.4, -0.2) is 27.7 Å². The first-order valence-corrected chi connectivity index (χ1v) is 11.1. The van der Waals surface area contributed by atoms with E-state index >= 15 is 0 Å². The number of nitrogen functional groups attached to an aromatic ring is 1. The Balaban J connectivity index is 1.75. The zero-order chi connectivity index (χ0) is 23.3. The van der Waals surface area contributed by atoms with Crippen molar-refractivity contribution in [3.8, 4) is 17.7 Å². The number of hydrogen-bond donors (Lipinski definition) is 3. The molecule has 33 heavy (non-hydrogen) atoms. The summed E-state index contributed by atoms with van der Waals surface area (Å²) in [4.78, 5) is 3.90. The lowest BCUT2D eigenvalue weighted by atomic mass is 9.85. The second kappa shape index (κ2) is 7.25. The molecule has 4 aromatic rings. The van der Waals surface area contributed by atoms with Crippen LogP contribution in [0.3, 0.4) is 0 Å². The number of anilines is 1. The van der Waals surface area contributed by atoms with E-state index < -0.39 is 15.9 Å². The maximum Gasteiger partial charge on any atom is 0.285 e. The second-order valence-electron chi connectivity index (χ2n) is 7.27. The Hall–Kier alpha value is -4.56. The van der Waals surface area contributed by atoms with Gasteiger partial charge in [0.2, 0.25) is 11.8 Å². The highest BCUT2D eigenvalue weighted by atomic mass is 32.2. The lowest BCUT2D eigenvalue weighted by Gasteiger charge is -2.23. The topological polar surface area (TPSA) is 170 Å². The number of nitrogens with two attached hydrogens (primary N) is 2. The average molecular weight is 460 g/mol. The third kappa shape index (κ3) is 2.96. The number of nitrogens with zero attached hydrogens (tertiary/aromatic N) is 4. The van der Waals surface area contributed by atoms with Crippen LogP contribution in [0, 0.1) is 11.3 Å². The first kappa shape index (κ1) is 20.3. The van der Waals surface area contributed by atoms with Crippen LogP contribution in [0.5, 0.6) is 11.6 Å². The van der Waals surface area contributed by atoms with Crippen molar-refractivity contribution < 1.29 is 18.3 Å². The third-order valence-corrected chi connectivity index (χ3v) is 7.06. The Bertz CT molecular complexity index is 1600. The number of ether oxygens (including phenoxy) is 1.